The van der Waals surface area contributed by atoms with Gasteiger partial charge in [-0.3, -0.25) is 9.36 Å². The Labute approximate surface area is 154 Å². The zero-order chi connectivity index (χ0) is 18.8. The van der Waals surface area contributed by atoms with Crippen LogP contribution in [0.5, 0.6) is 0 Å². The Hall–Kier alpha value is -2.80. The maximum Gasteiger partial charge on any atom is 0.254 e. The quantitative estimate of drug-likeness (QED) is 0.677. The van der Waals surface area contributed by atoms with Crippen molar-refractivity contribution < 1.29 is 13.6 Å². The number of H-pyrrole nitrogens is 1. The summed E-state index contributed by atoms with van der Waals surface area (Å²) in [4.78, 5) is 17.1. The van der Waals surface area contributed by atoms with Gasteiger partial charge in [0.25, 0.3) is 5.91 Å². The third-order valence-corrected chi connectivity index (χ3v) is 4.68. The monoisotopic (exact) mass is 373 g/mol. The molecule has 1 aromatic heterocycles. The highest BCUT2D eigenvalue weighted by molar-refractivity contribution is 7.71. The van der Waals surface area contributed by atoms with E-state index in [-0.39, 0.29) is 5.91 Å². The summed E-state index contributed by atoms with van der Waals surface area (Å²) in [6, 6.07) is 10.3. The van der Waals surface area contributed by atoms with E-state index in [2.05, 4.69) is 4.98 Å². The average molecular weight is 373 g/mol. The highest BCUT2D eigenvalue weighted by atomic mass is 32.1. The summed E-state index contributed by atoms with van der Waals surface area (Å²) >= 11 is 5.18. The summed E-state index contributed by atoms with van der Waals surface area (Å²) in [5.41, 5.74) is 1.85. The van der Waals surface area contributed by atoms with Gasteiger partial charge in [-0.05, 0) is 61.1 Å². The number of carbonyl (C=O) groups excluding carboxylic acids is 1. The van der Waals surface area contributed by atoms with Crippen molar-refractivity contribution in [1.29, 1.82) is 0 Å². The normalized spacial score (nSPS) is 12.0. The molecule has 0 aliphatic rings. The minimum Gasteiger partial charge on any atom is -0.337 e. The van der Waals surface area contributed by atoms with Crippen LogP contribution in [0.2, 0.25) is 0 Å². The fourth-order valence-corrected chi connectivity index (χ4v) is 2.90. The van der Waals surface area contributed by atoms with E-state index in [4.69, 9.17) is 12.2 Å². The van der Waals surface area contributed by atoms with E-state index in [0.29, 0.717) is 15.9 Å². The molecular weight excluding hydrogens is 356 g/mol. The van der Waals surface area contributed by atoms with Crippen LogP contribution < -0.4 is 0 Å². The maximum absolute atomic E-state index is 13.4. The number of nitrogens with one attached hydrogen (secondary N) is 1. The lowest BCUT2D eigenvalue weighted by atomic mass is 10.1. The molecule has 1 amide bonds. The predicted molar refractivity (Wildman–Crippen MR) is 97.8 cm³/mol. The summed E-state index contributed by atoms with van der Waals surface area (Å²) < 4.78 is 28.9. The number of halogens is 2. The number of carbonyl (C=O) groups is 1. The van der Waals surface area contributed by atoms with Crippen LogP contribution in [0.15, 0.2) is 54.9 Å². The number of hydrogen-bond donors (Lipinski definition) is 1. The number of aromatic nitrogens is 2. The first kappa shape index (κ1) is 18.0. The molecule has 26 heavy (non-hydrogen) atoms. The fourth-order valence-electron chi connectivity index (χ4n) is 2.66. The lowest BCUT2D eigenvalue weighted by molar-refractivity contribution is 0.0742. The predicted octanol–water partition coefficient (Wildman–Crippen LogP) is 4.65. The SMILES string of the molecule is C[C@H](c1ccc(F)c(F)c1)N(C)C(=O)c1ccc(-n2cc[nH]c2=S)cc1. The van der Waals surface area contributed by atoms with E-state index in [1.54, 1.807) is 55.2 Å². The lowest BCUT2D eigenvalue weighted by Gasteiger charge is -2.25. The average Bonchev–Trinajstić information content (AvgIpc) is 3.08. The topological polar surface area (TPSA) is 41.0 Å². The Morgan fingerprint density at radius 3 is 2.42 bits per heavy atom. The molecule has 0 fully saturated rings. The number of aromatic amines is 1. The first-order valence-corrected chi connectivity index (χ1v) is 8.38. The van der Waals surface area contributed by atoms with E-state index in [0.717, 1.165) is 17.8 Å². The van der Waals surface area contributed by atoms with Crippen LogP contribution in [0.3, 0.4) is 0 Å². The second-order valence-corrected chi connectivity index (χ2v) is 6.33. The number of nitrogens with zero attached hydrogens (tertiary/aromatic N) is 2. The molecule has 0 saturated carbocycles. The second kappa shape index (κ2) is 7.21. The molecule has 0 unspecified atom stereocenters. The molecule has 0 saturated heterocycles. The van der Waals surface area contributed by atoms with Gasteiger partial charge in [0.15, 0.2) is 16.4 Å². The van der Waals surface area contributed by atoms with Crippen LogP contribution in [-0.2, 0) is 0 Å². The van der Waals surface area contributed by atoms with Crippen LogP contribution in [0.1, 0.15) is 28.9 Å². The van der Waals surface area contributed by atoms with Crippen molar-refractivity contribution in [3.8, 4) is 5.69 Å². The smallest absolute Gasteiger partial charge is 0.254 e. The second-order valence-electron chi connectivity index (χ2n) is 5.95. The zero-order valence-corrected chi connectivity index (χ0v) is 15.1. The standard InChI is InChI=1S/C19H17F2N3OS/c1-12(14-5-8-16(20)17(21)11-14)23(2)18(25)13-3-6-15(7-4-13)24-10-9-22-19(24)26/h3-12H,1-2H3,(H,22,26)/t12-/m1/s1. The van der Waals surface area contributed by atoms with Gasteiger partial charge in [-0.25, -0.2) is 8.78 Å². The molecule has 1 atom stereocenters. The molecule has 3 rings (SSSR count). The Kier molecular flexibility index (Phi) is 4.99. The van der Waals surface area contributed by atoms with Gasteiger partial charge >= 0.3 is 0 Å². The van der Waals surface area contributed by atoms with E-state index in [1.807, 2.05) is 0 Å². The van der Waals surface area contributed by atoms with E-state index < -0.39 is 17.7 Å². The largest absolute Gasteiger partial charge is 0.337 e. The van der Waals surface area contributed by atoms with Crippen molar-refractivity contribution >= 4 is 18.1 Å². The van der Waals surface area contributed by atoms with Crippen LogP contribution in [0.25, 0.3) is 5.69 Å². The molecule has 1 N–H and O–H groups in total. The number of hydrogen-bond acceptors (Lipinski definition) is 2. The van der Waals surface area contributed by atoms with Crippen LogP contribution >= 0.6 is 12.2 Å². The molecule has 7 heteroatoms. The van der Waals surface area contributed by atoms with Gasteiger partial charge < -0.3 is 9.88 Å². The molecule has 4 nitrogen and oxygen atoms in total. The third-order valence-electron chi connectivity index (χ3n) is 4.37. The Balaban J connectivity index is 1.80. The van der Waals surface area contributed by atoms with Gasteiger partial charge in [-0.15, -0.1) is 0 Å². The van der Waals surface area contributed by atoms with E-state index >= 15 is 0 Å². The van der Waals surface area contributed by atoms with Crippen molar-refractivity contribution in [2.45, 2.75) is 13.0 Å². The van der Waals surface area contributed by atoms with Gasteiger partial charge in [0.05, 0.1) is 6.04 Å². The fraction of sp³-hybridized carbons (Fsp3) is 0.158. The van der Waals surface area contributed by atoms with Crippen molar-refractivity contribution in [3.63, 3.8) is 0 Å². The molecule has 3 aromatic rings. The number of rotatable bonds is 4. The van der Waals surface area contributed by atoms with Crippen molar-refractivity contribution in [1.82, 2.24) is 14.5 Å². The lowest BCUT2D eigenvalue weighted by Crippen LogP contribution is -2.29. The molecule has 2 aromatic carbocycles. The highest BCUT2D eigenvalue weighted by Gasteiger charge is 2.20. The zero-order valence-electron chi connectivity index (χ0n) is 14.2. The molecule has 0 spiro atoms. The van der Waals surface area contributed by atoms with Crippen LogP contribution in [0.4, 0.5) is 8.78 Å². The van der Waals surface area contributed by atoms with Gasteiger partial charge in [0.2, 0.25) is 0 Å². The number of imidazole rings is 1. The summed E-state index contributed by atoms with van der Waals surface area (Å²) in [6.07, 6.45) is 3.54. The molecule has 134 valence electrons. The Morgan fingerprint density at radius 2 is 1.85 bits per heavy atom. The molecule has 0 aliphatic carbocycles. The highest BCUT2D eigenvalue weighted by Crippen LogP contribution is 2.23. The van der Waals surface area contributed by atoms with Crippen molar-refractivity contribution in [2.75, 3.05) is 7.05 Å². The minimum absolute atomic E-state index is 0.216. The molecule has 0 bridgehead atoms. The first-order chi connectivity index (χ1) is 12.4. The third kappa shape index (κ3) is 3.43. The number of benzene rings is 2. The molecule has 0 radical (unpaired) electrons. The van der Waals surface area contributed by atoms with Crippen molar-refractivity contribution in [2.24, 2.45) is 0 Å². The van der Waals surface area contributed by atoms with Crippen molar-refractivity contribution in [3.05, 3.63) is 82.4 Å². The Morgan fingerprint density at radius 1 is 1.15 bits per heavy atom. The van der Waals surface area contributed by atoms with Gasteiger partial charge in [-0.1, -0.05) is 6.07 Å². The van der Waals surface area contributed by atoms with E-state index in [9.17, 15) is 13.6 Å². The number of amides is 1. The molecule has 0 aliphatic heterocycles. The van der Waals surface area contributed by atoms with Crippen LogP contribution in [-0.4, -0.2) is 27.4 Å². The van der Waals surface area contributed by atoms with Gasteiger partial charge in [-0.2, -0.15) is 0 Å². The summed E-state index contributed by atoms with van der Waals surface area (Å²) in [5.74, 6) is -2.05. The Bertz CT molecular complexity index is 995. The van der Waals surface area contributed by atoms with Crippen LogP contribution in [0, 0.1) is 16.4 Å². The first-order valence-electron chi connectivity index (χ1n) is 7.97. The van der Waals surface area contributed by atoms with Gasteiger partial charge in [0, 0.05) is 30.7 Å². The maximum atomic E-state index is 13.4. The summed E-state index contributed by atoms with van der Waals surface area (Å²) in [6.45, 7) is 1.76. The van der Waals surface area contributed by atoms with E-state index in [1.165, 1.54) is 11.0 Å². The minimum atomic E-state index is -0.928. The summed E-state index contributed by atoms with van der Waals surface area (Å²) in [5, 5.41) is 0. The van der Waals surface area contributed by atoms with Gasteiger partial charge in [0.1, 0.15) is 0 Å². The summed E-state index contributed by atoms with van der Waals surface area (Å²) in [7, 11) is 1.63. The molecule has 1 heterocycles. The molecular formula is C19H17F2N3OS.